The lowest BCUT2D eigenvalue weighted by Crippen LogP contribution is -2.27. The van der Waals surface area contributed by atoms with Crippen LogP contribution < -0.4 is 10.3 Å². The summed E-state index contributed by atoms with van der Waals surface area (Å²) in [6.45, 7) is 2.33. The van der Waals surface area contributed by atoms with E-state index in [0.717, 1.165) is 16.9 Å². The topological polar surface area (TPSA) is 90.7 Å². The minimum Gasteiger partial charge on any atom is -0.496 e. The summed E-state index contributed by atoms with van der Waals surface area (Å²) in [6.07, 6.45) is 0.387. The van der Waals surface area contributed by atoms with E-state index in [1.165, 1.54) is 0 Å². The fourth-order valence-electron chi connectivity index (χ4n) is 3.03. The maximum Gasteiger partial charge on any atom is 0.346 e. The Morgan fingerprint density at radius 2 is 2.04 bits per heavy atom. The third-order valence-electron chi connectivity index (χ3n) is 4.38. The Bertz CT molecular complexity index is 1050. The third-order valence-corrected chi connectivity index (χ3v) is 5.56. The van der Waals surface area contributed by atoms with Gasteiger partial charge in [-0.15, -0.1) is 11.3 Å². The number of hydrogen-bond donors (Lipinski definition) is 1. The van der Waals surface area contributed by atoms with Crippen molar-refractivity contribution in [3.63, 3.8) is 0 Å². The van der Waals surface area contributed by atoms with Crippen LogP contribution in [0.5, 0.6) is 5.75 Å². The first-order chi connectivity index (χ1) is 13.0. The molecule has 2 aromatic heterocycles. The number of thiophene rings is 1. The Morgan fingerprint density at radius 3 is 2.70 bits per heavy atom. The summed E-state index contributed by atoms with van der Waals surface area (Å²) in [5.41, 5.74) is 1.10. The Labute approximate surface area is 159 Å². The summed E-state index contributed by atoms with van der Waals surface area (Å²) >= 11 is 1.03. The molecule has 1 aromatic carbocycles. The van der Waals surface area contributed by atoms with Crippen molar-refractivity contribution in [2.24, 2.45) is 0 Å². The van der Waals surface area contributed by atoms with Crippen molar-refractivity contribution in [3.8, 4) is 5.75 Å². The minimum atomic E-state index is -1.05. The van der Waals surface area contributed by atoms with Crippen molar-refractivity contribution in [2.75, 3.05) is 20.8 Å². The van der Waals surface area contributed by atoms with Gasteiger partial charge in [-0.3, -0.25) is 9.36 Å². The van der Waals surface area contributed by atoms with E-state index >= 15 is 0 Å². The van der Waals surface area contributed by atoms with Crippen LogP contribution in [0.3, 0.4) is 0 Å². The van der Waals surface area contributed by atoms with Gasteiger partial charge in [-0.1, -0.05) is 18.2 Å². The fourth-order valence-corrected chi connectivity index (χ4v) is 4.06. The van der Waals surface area contributed by atoms with Crippen molar-refractivity contribution < 1.29 is 19.4 Å². The molecule has 0 bridgehead atoms. The number of carboxylic acid groups (broad SMARTS) is 1. The molecule has 0 spiro atoms. The van der Waals surface area contributed by atoms with Gasteiger partial charge in [0.2, 0.25) is 0 Å². The molecule has 7 nitrogen and oxygen atoms in total. The van der Waals surface area contributed by atoms with Gasteiger partial charge in [0.05, 0.1) is 25.6 Å². The average Bonchev–Trinajstić information content (AvgIpc) is 2.99. The second-order valence-electron chi connectivity index (χ2n) is 6.01. The predicted molar refractivity (Wildman–Crippen MR) is 103 cm³/mol. The van der Waals surface area contributed by atoms with E-state index in [-0.39, 0.29) is 10.4 Å². The first-order valence-electron chi connectivity index (χ1n) is 8.34. The van der Waals surface area contributed by atoms with Crippen LogP contribution >= 0.6 is 11.3 Å². The van der Waals surface area contributed by atoms with Crippen LogP contribution in [0.4, 0.5) is 0 Å². The molecule has 0 amide bonds. The van der Waals surface area contributed by atoms with Crippen LogP contribution in [0.25, 0.3) is 10.2 Å². The summed E-state index contributed by atoms with van der Waals surface area (Å²) in [6, 6.07) is 7.53. The highest BCUT2D eigenvalue weighted by atomic mass is 32.1. The number of benzene rings is 1. The molecule has 0 aliphatic carbocycles. The SMILES string of the molecule is COCCn1c(Cc2ccccc2OC)nc2sc(C(=O)O)c(C)c2c1=O. The Balaban J connectivity index is 2.20. The normalized spacial score (nSPS) is 11.1. The number of carbonyl (C=O) groups is 1. The van der Waals surface area contributed by atoms with Gasteiger partial charge in [-0.05, 0) is 18.6 Å². The van der Waals surface area contributed by atoms with Gasteiger partial charge in [0.15, 0.2) is 0 Å². The second-order valence-corrected chi connectivity index (χ2v) is 7.01. The van der Waals surface area contributed by atoms with E-state index < -0.39 is 5.97 Å². The van der Waals surface area contributed by atoms with E-state index in [9.17, 15) is 14.7 Å². The highest BCUT2D eigenvalue weighted by molar-refractivity contribution is 7.20. The Morgan fingerprint density at radius 1 is 1.30 bits per heavy atom. The first-order valence-corrected chi connectivity index (χ1v) is 9.16. The molecular formula is C19H20N2O5S. The molecule has 0 aliphatic heterocycles. The quantitative estimate of drug-likeness (QED) is 0.669. The van der Waals surface area contributed by atoms with Gasteiger partial charge in [0.1, 0.15) is 21.3 Å². The van der Waals surface area contributed by atoms with Crippen molar-refractivity contribution in [2.45, 2.75) is 19.9 Å². The summed E-state index contributed by atoms with van der Waals surface area (Å²) in [5, 5.41) is 9.74. The lowest BCUT2D eigenvalue weighted by atomic mass is 10.1. The Kier molecular flexibility index (Phi) is 5.57. The average molecular weight is 388 g/mol. The van der Waals surface area contributed by atoms with Gasteiger partial charge in [0, 0.05) is 19.1 Å². The molecule has 0 saturated carbocycles. The highest BCUT2D eigenvalue weighted by Gasteiger charge is 2.21. The molecule has 142 valence electrons. The number of methoxy groups -OCH3 is 2. The number of hydrogen-bond acceptors (Lipinski definition) is 6. The summed E-state index contributed by atoms with van der Waals surface area (Å²) in [5.74, 6) is 0.204. The van der Waals surface area contributed by atoms with E-state index in [4.69, 9.17) is 9.47 Å². The van der Waals surface area contributed by atoms with Crippen LogP contribution in [0.1, 0.15) is 26.6 Å². The van der Waals surface area contributed by atoms with Crippen molar-refractivity contribution in [1.82, 2.24) is 9.55 Å². The van der Waals surface area contributed by atoms with Crippen LogP contribution in [0.2, 0.25) is 0 Å². The first kappa shape index (κ1) is 19.1. The van der Waals surface area contributed by atoms with Crippen molar-refractivity contribution in [1.29, 1.82) is 0 Å². The largest absolute Gasteiger partial charge is 0.496 e. The molecule has 0 saturated heterocycles. The maximum atomic E-state index is 13.1. The standard InChI is InChI=1S/C19H20N2O5S/c1-11-15-17(27-16(11)19(23)24)20-14(21(18(15)22)8-9-25-2)10-12-6-4-5-7-13(12)26-3/h4-7H,8-10H2,1-3H3,(H,23,24). The summed E-state index contributed by atoms with van der Waals surface area (Å²) in [7, 11) is 3.16. The molecule has 3 aromatic rings. The molecule has 27 heavy (non-hydrogen) atoms. The van der Waals surface area contributed by atoms with Crippen LogP contribution in [-0.2, 0) is 17.7 Å². The molecular weight excluding hydrogens is 368 g/mol. The molecule has 1 N–H and O–H groups in total. The van der Waals surface area contributed by atoms with E-state index in [2.05, 4.69) is 4.98 Å². The number of ether oxygens (including phenoxy) is 2. The predicted octanol–water partition coefficient (Wildman–Crippen LogP) is 2.71. The summed E-state index contributed by atoms with van der Waals surface area (Å²) in [4.78, 5) is 29.8. The molecule has 0 fully saturated rings. The van der Waals surface area contributed by atoms with Gasteiger partial charge in [-0.25, -0.2) is 9.78 Å². The van der Waals surface area contributed by atoms with Crippen molar-refractivity contribution in [3.05, 3.63) is 56.4 Å². The number of fused-ring (bicyclic) bond motifs is 1. The van der Waals surface area contributed by atoms with E-state index in [1.54, 1.807) is 25.7 Å². The zero-order chi connectivity index (χ0) is 19.6. The van der Waals surface area contributed by atoms with Crippen molar-refractivity contribution >= 4 is 27.5 Å². The molecule has 3 rings (SSSR count). The second kappa shape index (κ2) is 7.89. The van der Waals surface area contributed by atoms with Gasteiger partial charge in [0.25, 0.3) is 5.56 Å². The highest BCUT2D eigenvalue weighted by Crippen LogP contribution is 2.28. The van der Waals surface area contributed by atoms with E-state index in [0.29, 0.717) is 46.9 Å². The smallest absolute Gasteiger partial charge is 0.346 e. The maximum absolute atomic E-state index is 13.1. The number of carboxylic acids is 1. The van der Waals surface area contributed by atoms with Gasteiger partial charge >= 0.3 is 5.97 Å². The summed E-state index contributed by atoms with van der Waals surface area (Å²) < 4.78 is 12.1. The van der Waals surface area contributed by atoms with Crippen LogP contribution in [0, 0.1) is 6.92 Å². The van der Waals surface area contributed by atoms with Crippen LogP contribution in [0.15, 0.2) is 29.1 Å². The van der Waals surface area contributed by atoms with Gasteiger partial charge < -0.3 is 14.6 Å². The molecule has 0 aliphatic rings. The van der Waals surface area contributed by atoms with Crippen LogP contribution in [-0.4, -0.2) is 41.5 Å². The molecule has 8 heteroatoms. The zero-order valence-corrected chi connectivity index (χ0v) is 16.1. The number of aromatic nitrogens is 2. The number of nitrogens with zero attached hydrogens (tertiary/aromatic N) is 2. The minimum absolute atomic E-state index is 0.141. The third kappa shape index (κ3) is 3.58. The van der Waals surface area contributed by atoms with E-state index in [1.807, 2.05) is 24.3 Å². The zero-order valence-electron chi connectivity index (χ0n) is 15.3. The fraction of sp³-hybridized carbons (Fsp3) is 0.316. The molecule has 2 heterocycles. The number of aromatic carboxylic acids is 1. The Hall–Kier alpha value is -2.71. The van der Waals surface area contributed by atoms with Gasteiger partial charge in [-0.2, -0.15) is 0 Å². The number of aryl methyl sites for hydroxylation is 1. The number of rotatable bonds is 7. The molecule has 0 unspecified atom stereocenters. The lowest BCUT2D eigenvalue weighted by molar-refractivity contribution is 0.0701. The molecule has 0 atom stereocenters. The number of para-hydroxylation sites is 1. The lowest BCUT2D eigenvalue weighted by Gasteiger charge is -2.14. The molecule has 0 radical (unpaired) electrons. The monoisotopic (exact) mass is 388 g/mol.